The Bertz CT molecular complexity index is 703. The molecule has 0 aliphatic carbocycles. The molecule has 0 bridgehead atoms. The summed E-state index contributed by atoms with van der Waals surface area (Å²) in [5.41, 5.74) is -1.32. The number of Topliss-reactive ketones (excluding diaryl/α,β-unsaturated/α-hetero) is 3. The molecule has 1 heterocycles. The molecule has 0 aromatic heterocycles. The van der Waals surface area contributed by atoms with E-state index in [1.807, 2.05) is 0 Å². The van der Waals surface area contributed by atoms with Gasteiger partial charge in [0.15, 0.2) is 23.1 Å². The zero-order chi connectivity index (χ0) is 16.6. The molecule has 3 N–H and O–H groups in total. The molecule has 8 nitrogen and oxygen atoms in total. The normalized spacial score (nSPS) is 16.6. The first-order valence-electron chi connectivity index (χ1n) is 6.25. The van der Waals surface area contributed by atoms with E-state index < -0.39 is 58.3 Å². The molecule has 1 unspecified atom stereocenters. The zero-order valence-corrected chi connectivity index (χ0v) is 11.5. The lowest BCUT2D eigenvalue weighted by atomic mass is 9.87. The summed E-state index contributed by atoms with van der Waals surface area (Å²) < 4.78 is 5.15. The molecule has 1 aliphatic rings. The van der Waals surface area contributed by atoms with Crippen LogP contribution in [0, 0.1) is 5.92 Å². The highest BCUT2D eigenvalue weighted by atomic mass is 16.5. The standard InChI is InChI=1S/C14H12O8/c1-5(15)2-7(16)6-4-22-9-3-8(17)13(19)11(14(20)21)10(9)12(6)18/h3,6,17,19H,2,4H2,1H3,(H,20,21). The minimum Gasteiger partial charge on any atom is -0.504 e. The van der Waals surface area contributed by atoms with Gasteiger partial charge in [0.25, 0.3) is 0 Å². The third-order valence-electron chi connectivity index (χ3n) is 3.24. The first-order valence-corrected chi connectivity index (χ1v) is 6.25. The number of ketones is 3. The number of aromatic carboxylic acids is 1. The van der Waals surface area contributed by atoms with E-state index in [1.165, 1.54) is 6.92 Å². The average molecular weight is 308 g/mol. The highest BCUT2D eigenvalue weighted by Crippen LogP contribution is 2.41. The van der Waals surface area contributed by atoms with Crippen LogP contribution in [-0.2, 0) is 9.59 Å². The van der Waals surface area contributed by atoms with Crippen LogP contribution < -0.4 is 4.74 Å². The van der Waals surface area contributed by atoms with Crippen molar-refractivity contribution in [3.8, 4) is 17.2 Å². The van der Waals surface area contributed by atoms with E-state index in [0.717, 1.165) is 6.07 Å². The number of rotatable bonds is 4. The zero-order valence-electron chi connectivity index (χ0n) is 11.5. The van der Waals surface area contributed by atoms with Crippen molar-refractivity contribution < 1.29 is 39.2 Å². The van der Waals surface area contributed by atoms with Crippen molar-refractivity contribution in [2.24, 2.45) is 5.92 Å². The fraction of sp³-hybridized carbons (Fsp3) is 0.286. The van der Waals surface area contributed by atoms with Crippen LogP contribution in [0.2, 0.25) is 0 Å². The lowest BCUT2D eigenvalue weighted by Gasteiger charge is -2.24. The smallest absolute Gasteiger partial charge is 0.340 e. The summed E-state index contributed by atoms with van der Waals surface area (Å²) in [6, 6.07) is 0.903. The summed E-state index contributed by atoms with van der Waals surface area (Å²) >= 11 is 0. The van der Waals surface area contributed by atoms with E-state index >= 15 is 0 Å². The highest BCUT2D eigenvalue weighted by Gasteiger charge is 2.39. The molecule has 1 aromatic carbocycles. The van der Waals surface area contributed by atoms with E-state index in [-0.39, 0.29) is 12.4 Å². The van der Waals surface area contributed by atoms with Gasteiger partial charge in [-0.2, -0.15) is 0 Å². The molecular formula is C14H12O8. The number of carboxylic acid groups (broad SMARTS) is 1. The van der Waals surface area contributed by atoms with E-state index in [1.54, 1.807) is 0 Å². The van der Waals surface area contributed by atoms with Crippen molar-refractivity contribution in [2.45, 2.75) is 13.3 Å². The number of carbonyl (C=O) groups is 4. The Morgan fingerprint density at radius 1 is 1.32 bits per heavy atom. The van der Waals surface area contributed by atoms with E-state index in [2.05, 4.69) is 0 Å². The van der Waals surface area contributed by atoms with Crippen LogP contribution >= 0.6 is 0 Å². The predicted octanol–water partition coefficient (Wildman–Crippen LogP) is 0.535. The van der Waals surface area contributed by atoms with Crippen molar-refractivity contribution in [2.75, 3.05) is 6.61 Å². The number of fused-ring (bicyclic) bond motifs is 1. The summed E-state index contributed by atoms with van der Waals surface area (Å²) in [4.78, 5) is 46.5. The second-order valence-corrected chi connectivity index (χ2v) is 4.87. The van der Waals surface area contributed by atoms with Crippen LogP contribution in [0.15, 0.2) is 6.07 Å². The summed E-state index contributed by atoms with van der Waals surface area (Å²) in [7, 11) is 0. The van der Waals surface area contributed by atoms with Crippen molar-refractivity contribution >= 4 is 23.3 Å². The van der Waals surface area contributed by atoms with Gasteiger partial charge in [-0.1, -0.05) is 0 Å². The molecule has 1 aromatic rings. The Balaban J connectivity index is 2.54. The van der Waals surface area contributed by atoms with Crippen molar-refractivity contribution in [1.29, 1.82) is 0 Å². The summed E-state index contributed by atoms with van der Waals surface area (Å²) in [6.07, 6.45) is -0.471. The Morgan fingerprint density at radius 2 is 1.95 bits per heavy atom. The molecule has 0 spiro atoms. The van der Waals surface area contributed by atoms with E-state index in [0.29, 0.717) is 0 Å². The number of phenolic OH excluding ortho intramolecular Hbond substituents is 1. The highest BCUT2D eigenvalue weighted by molar-refractivity contribution is 6.19. The molecule has 0 fully saturated rings. The summed E-state index contributed by atoms with van der Waals surface area (Å²) in [5.74, 6) is -6.92. The van der Waals surface area contributed by atoms with Gasteiger partial charge in [0.2, 0.25) is 0 Å². The third-order valence-corrected chi connectivity index (χ3v) is 3.24. The second kappa shape index (κ2) is 5.47. The van der Waals surface area contributed by atoms with Crippen LogP contribution in [0.5, 0.6) is 17.2 Å². The number of carbonyl (C=O) groups excluding carboxylic acids is 3. The molecule has 0 radical (unpaired) electrons. The summed E-state index contributed by atoms with van der Waals surface area (Å²) in [5, 5.41) is 28.2. The Labute approximate surface area is 123 Å². The fourth-order valence-corrected chi connectivity index (χ4v) is 2.23. The maximum Gasteiger partial charge on any atom is 0.340 e. The van der Waals surface area contributed by atoms with Crippen molar-refractivity contribution in [1.82, 2.24) is 0 Å². The number of benzene rings is 1. The fourth-order valence-electron chi connectivity index (χ4n) is 2.23. The number of ether oxygens (including phenoxy) is 1. The van der Waals surface area contributed by atoms with Crippen LogP contribution in [0.4, 0.5) is 0 Å². The van der Waals surface area contributed by atoms with Gasteiger partial charge in [-0.05, 0) is 6.92 Å². The molecule has 8 heteroatoms. The molecule has 0 amide bonds. The molecule has 1 aliphatic heterocycles. The molecule has 1 atom stereocenters. The van der Waals surface area contributed by atoms with E-state index in [9.17, 15) is 29.4 Å². The Hall–Kier alpha value is -2.90. The lowest BCUT2D eigenvalue weighted by Crippen LogP contribution is -2.36. The van der Waals surface area contributed by atoms with Gasteiger partial charge >= 0.3 is 5.97 Å². The van der Waals surface area contributed by atoms with Crippen molar-refractivity contribution in [3.05, 3.63) is 17.2 Å². The van der Waals surface area contributed by atoms with Gasteiger partial charge in [0, 0.05) is 6.07 Å². The van der Waals surface area contributed by atoms with Crippen LogP contribution in [0.25, 0.3) is 0 Å². The molecule has 0 saturated heterocycles. The topological polar surface area (TPSA) is 138 Å². The van der Waals surface area contributed by atoms with Gasteiger partial charge in [0.1, 0.15) is 29.6 Å². The lowest BCUT2D eigenvalue weighted by molar-refractivity contribution is -0.128. The number of aromatic hydroxyl groups is 2. The number of phenols is 2. The second-order valence-electron chi connectivity index (χ2n) is 4.87. The molecule has 116 valence electrons. The minimum atomic E-state index is -1.65. The number of hydrogen-bond donors (Lipinski definition) is 3. The maximum absolute atomic E-state index is 12.4. The maximum atomic E-state index is 12.4. The van der Waals surface area contributed by atoms with Crippen molar-refractivity contribution in [3.63, 3.8) is 0 Å². The Kier molecular flexibility index (Phi) is 3.85. The first-order chi connectivity index (χ1) is 10.2. The largest absolute Gasteiger partial charge is 0.504 e. The predicted molar refractivity (Wildman–Crippen MR) is 70.4 cm³/mol. The monoisotopic (exact) mass is 308 g/mol. The molecule has 0 saturated carbocycles. The van der Waals surface area contributed by atoms with Crippen LogP contribution in [0.1, 0.15) is 34.1 Å². The van der Waals surface area contributed by atoms with Gasteiger partial charge in [0.05, 0.1) is 12.0 Å². The average Bonchev–Trinajstić information content (AvgIpc) is 2.39. The molecular weight excluding hydrogens is 296 g/mol. The van der Waals surface area contributed by atoms with Gasteiger partial charge < -0.3 is 20.1 Å². The number of hydrogen-bond acceptors (Lipinski definition) is 7. The minimum absolute atomic E-state index is 0.232. The quantitative estimate of drug-likeness (QED) is 0.541. The molecule has 2 rings (SSSR count). The van der Waals surface area contributed by atoms with E-state index in [4.69, 9.17) is 9.84 Å². The van der Waals surface area contributed by atoms with Gasteiger partial charge in [-0.25, -0.2) is 4.79 Å². The molecule has 22 heavy (non-hydrogen) atoms. The SMILES string of the molecule is CC(=O)CC(=O)C1COc2cc(O)c(O)c(C(=O)O)c2C1=O. The number of carboxylic acids is 1. The Morgan fingerprint density at radius 3 is 2.50 bits per heavy atom. The van der Waals surface area contributed by atoms with Crippen LogP contribution in [-0.4, -0.2) is 45.2 Å². The van der Waals surface area contributed by atoms with Crippen LogP contribution in [0.3, 0.4) is 0 Å². The third kappa shape index (κ3) is 2.50. The summed E-state index contributed by atoms with van der Waals surface area (Å²) in [6.45, 7) is 0.827. The first kappa shape index (κ1) is 15.5. The van der Waals surface area contributed by atoms with Gasteiger partial charge in [-0.3, -0.25) is 14.4 Å². The van der Waals surface area contributed by atoms with Gasteiger partial charge in [-0.15, -0.1) is 0 Å².